The SMILES string of the molecule is CNc1ncnc(Nc2c(Br)cccc2Br)c1C(C)C. The van der Waals surface area contributed by atoms with Crippen LogP contribution < -0.4 is 10.6 Å². The summed E-state index contributed by atoms with van der Waals surface area (Å²) in [4.78, 5) is 8.66. The molecule has 0 fully saturated rings. The van der Waals surface area contributed by atoms with Crippen LogP contribution in [0.2, 0.25) is 0 Å². The van der Waals surface area contributed by atoms with E-state index in [0.717, 1.165) is 31.8 Å². The van der Waals surface area contributed by atoms with E-state index in [9.17, 15) is 0 Å². The smallest absolute Gasteiger partial charge is 0.139 e. The molecule has 0 bridgehead atoms. The number of halogens is 2. The Bertz CT molecular complexity index is 594. The van der Waals surface area contributed by atoms with Gasteiger partial charge in [0.2, 0.25) is 0 Å². The highest BCUT2D eigenvalue weighted by Crippen LogP contribution is 2.36. The zero-order valence-electron chi connectivity index (χ0n) is 11.5. The normalized spacial score (nSPS) is 10.7. The Morgan fingerprint density at radius 3 is 2.20 bits per heavy atom. The van der Waals surface area contributed by atoms with Gasteiger partial charge in [-0.15, -0.1) is 0 Å². The van der Waals surface area contributed by atoms with Gasteiger partial charge in [-0.05, 0) is 49.9 Å². The Morgan fingerprint density at radius 1 is 1.05 bits per heavy atom. The minimum Gasteiger partial charge on any atom is -0.373 e. The second-order valence-electron chi connectivity index (χ2n) is 4.61. The van der Waals surface area contributed by atoms with Crippen LogP contribution in [0.15, 0.2) is 33.5 Å². The van der Waals surface area contributed by atoms with Crippen LogP contribution in [-0.4, -0.2) is 17.0 Å². The van der Waals surface area contributed by atoms with Gasteiger partial charge in [0.15, 0.2) is 0 Å². The van der Waals surface area contributed by atoms with Crippen LogP contribution in [0.4, 0.5) is 17.3 Å². The van der Waals surface area contributed by atoms with Crippen LogP contribution in [0.3, 0.4) is 0 Å². The van der Waals surface area contributed by atoms with Crippen molar-refractivity contribution < 1.29 is 0 Å². The molecule has 0 aliphatic carbocycles. The largest absolute Gasteiger partial charge is 0.373 e. The molecule has 0 saturated carbocycles. The topological polar surface area (TPSA) is 49.8 Å². The van der Waals surface area contributed by atoms with Crippen LogP contribution >= 0.6 is 31.9 Å². The van der Waals surface area contributed by atoms with E-state index >= 15 is 0 Å². The fraction of sp³-hybridized carbons (Fsp3) is 0.286. The maximum Gasteiger partial charge on any atom is 0.139 e. The van der Waals surface area contributed by atoms with Crippen molar-refractivity contribution >= 4 is 49.2 Å². The van der Waals surface area contributed by atoms with Gasteiger partial charge in [-0.2, -0.15) is 0 Å². The molecule has 2 N–H and O–H groups in total. The number of anilines is 3. The number of para-hydroxylation sites is 1. The predicted molar refractivity (Wildman–Crippen MR) is 90.8 cm³/mol. The molecule has 1 heterocycles. The molecular formula is C14H16Br2N4. The third kappa shape index (κ3) is 3.12. The first-order chi connectivity index (χ1) is 9.54. The summed E-state index contributed by atoms with van der Waals surface area (Å²) in [5.41, 5.74) is 2.02. The first-order valence-electron chi connectivity index (χ1n) is 6.28. The van der Waals surface area contributed by atoms with Crippen LogP contribution in [0.5, 0.6) is 0 Å². The van der Waals surface area contributed by atoms with Crippen LogP contribution in [-0.2, 0) is 0 Å². The third-order valence-corrected chi connectivity index (χ3v) is 4.23. The summed E-state index contributed by atoms with van der Waals surface area (Å²) in [5.74, 6) is 1.97. The van der Waals surface area contributed by atoms with Gasteiger partial charge in [0.1, 0.15) is 18.0 Å². The van der Waals surface area contributed by atoms with Crippen molar-refractivity contribution in [2.24, 2.45) is 0 Å². The second-order valence-corrected chi connectivity index (χ2v) is 6.32. The summed E-state index contributed by atoms with van der Waals surface area (Å²) in [5, 5.41) is 6.50. The number of hydrogen-bond donors (Lipinski definition) is 2. The molecule has 0 aliphatic rings. The quantitative estimate of drug-likeness (QED) is 0.766. The Balaban J connectivity index is 2.49. The van der Waals surface area contributed by atoms with Crippen LogP contribution in [0, 0.1) is 0 Å². The molecule has 20 heavy (non-hydrogen) atoms. The van der Waals surface area contributed by atoms with Crippen LogP contribution in [0.25, 0.3) is 0 Å². The summed E-state index contributed by atoms with van der Waals surface area (Å²) < 4.78 is 1.96. The van der Waals surface area contributed by atoms with Crippen molar-refractivity contribution in [1.82, 2.24) is 9.97 Å². The fourth-order valence-corrected chi connectivity index (χ4v) is 3.17. The van der Waals surface area contributed by atoms with Gasteiger partial charge >= 0.3 is 0 Å². The fourth-order valence-electron chi connectivity index (χ4n) is 1.98. The van der Waals surface area contributed by atoms with Gasteiger partial charge in [0, 0.05) is 21.6 Å². The molecule has 0 saturated heterocycles. The maximum absolute atomic E-state index is 4.38. The van der Waals surface area contributed by atoms with E-state index in [4.69, 9.17) is 0 Å². The first kappa shape index (κ1) is 15.3. The lowest BCUT2D eigenvalue weighted by Crippen LogP contribution is -2.07. The van der Waals surface area contributed by atoms with Crippen molar-refractivity contribution in [2.75, 3.05) is 17.7 Å². The van der Waals surface area contributed by atoms with Crippen molar-refractivity contribution in [1.29, 1.82) is 0 Å². The van der Waals surface area contributed by atoms with Gasteiger partial charge < -0.3 is 10.6 Å². The van der Waals surface area contributed by atoms with Crippen molar-refractivity contribution in [2.45, 2.75) is 19.8 Å². The van der Waals surface area contributed by atoms with Gasteiger partial charge in [-0.1, -0.05) is 19.9 Å². The number of rotatable bonds is 4. The summed E-state index contributed by atoms with van der Waals surface area (Å²) in [6.07, 6.45) is 1.56. The number of nitrogens with one attached hydrogen (secondary N) is 2. The van der Waals surface area contributed by atoms with E-state index in [0.29, 0.717) is 5.92 Å². The molecule has 106 valence electrons. The standard InChI is InChI=1S/C14H16Br2N4/c1-8(2)11-13(17-3)18-7-19-14(11)20-12-9(15)5-4-6-10(12)16/h4-8H,1-3H3,(H2,17,18,19,20). The summed E-state index contributed by atoms with van der Waals surface area (Å²) in [7, 11) is 1.87. The molecule has 2 aromatic rings. The minimum atomic E-state index is 0.308. The number of nitrogens with zero attached hydrogens (tertiary/aromatic N) is 2. The molecule has 2 rings (SSSR count). The molecule has 0 atom stereocenters. The van der Waals surface area contributed by atoms with E-state index in [1.54, 1.807) is 6.33 Å². The van der Waals surface area contributed by atoms with Crippen molar-refractivity contribution in [3.8, 4) is 0 Å². The average Bonchev–Trinajstić information content (AvgIpc) is 2.42. The maximum atomic E-state index is 4.38. The Kier molecular flexibility index (Phi) is 4.99. The highest BCUT2D eigenvalue weighted by Gasteiger charge is 2.16. The summed E-state index contributed by atoms with van der Waals surface area (Å²) in [6.45, 7) is 4.25. The van der Waals surface area contributed by atoms with E-state index in [-0.39, 0.29) is 0 Å². The molecule has 0 spiro atoms. The van der Waals surface area contributed by atoms with Crippen molar-refractivity contribution in [3.63, 3.8) is 0 Å². The molecule has 4 nitrogen and oxygen atoms in total. The molecule has 1 aromatic heterocycles. The van der Waals surface area contributed by atoms with Gasteiger partial charge in [-0.3, -0.25) is 0 Å². The van der Waals surface area contributed by atoms with Gasteiger partial charge in [0.05, 0.1) is 5.69 Å². The molecular weight excluding hydrogens is 384 g/mol. The van der Waals surface area contributed by atoms with E-state index < -0.39 is 0 Å². The molecule has 6 heteroatoms. The Labute approximate surface area is 135 Å². The monoisotopic (exact) mass is 398 g/mol. The number of benzene rings is 1. The molecule has 0 aliphatic heterocycles. The zero-order valence-corrected chi connectivity index (χ0v) is 14.7. The lowest BCUT2D eigenvalue weighted by atomic mass is 10.0. The van der Waals surface area contributed by atoms with Gasteiger partial charge in [0.25, 0.3) is 0 Å². The van der Waals surface area contributed by atoms with Crippen molar-refractivity contribution in [3.05, 3.63) is 39.0 Å². The highest BCUT2D eigenvalue weighted by atomic mass is 79.9. The minimum absolute atomic E-state index is 0.308. The summed E-state index contributed by atoms with van der Waals surface area (Å²) >= 11 is 7.10. The van der Waals surface area contributed by atoms with E-state index in [1.165, 1.54) is 0 Å². The zero-order chi connectivity index (χ0) is 14.7. The Morgan fingerprint density at radius 2 is 1.65 bits per heavy atom. The lowest BCUT2D eigenvalue weighted by molar-refractivity contribution is 0.852. The summed E-state index contributed by atoms with van der Waals surface area (Å²) in [6, 6.07) is 5.95. The predicted octanol–water partition coefficient (Wildman–Crippen LogP) is 4.91. The Hall–Kier alpha value is -1.14. The van der Waals surface area contributed by atoms with Gasteiger partial charge in [-0.25, -0.2) is 9.97 Å². The molecule has 0 amide bonds. The molecule has 0 radical (unpaired) electrons. The number of hydrogen-bond acceptors (Lipinski definition) is 4. The molecule has 1 aromatic carbocycles. The first-order valence-corrected chi connectivity index (χ1v) is 7.86. The lowest BCUT2D eigenvalue weighted by Gasteiger charge is -2.18. The van der Waals surface area contributed by atoms with E-state index in [2.05, 4.69) is 66.3 Å². The highest BCUT2D eigenvalue weighted by molar-refractivity contribution is 9.11. The number of aromatic nitrogens is 2. The molecule has 0 unspecified atom stereocenters. The second kappa shape index (κ2) is 6.54. The average molecular weight is 400 g/mol. The third-order valence-electron chi connectivity index (χ3n) is 2.90. The van der Waals surface area contributed by atoms with Crippen LogP contribution in [0.1, 0.15) is 25.3 Å². The van der Waals surface area contributed by atoms with E-state index in [1.807, 2.05) is 25.2 Å².